The van der Waals surface area contributed by atoms with Crippen LogP contribution in [0.4, 0.5) is 0 Å². The molecule has 0 aromatic heterocycles. The summed E-state index contributed by atoms with van der Waals surface area (Å²) in [5, 5.41) is 3.08. The summed E-state index contributed by atoms with van der Waals surface area (Å²) in [4.78, 5) is 14.2. The van der Waals surface area contributed by atoms with Crippen LogP contribution in [0, 0.1) is 0 Å². The molecule has 0 spiro atoms. The van der Waals surface area contributed by atoms with Crippen molar-refractivity contribution in [1.82, 2.24) is 10.2 Å². The predicted molar refractivity (Wildman–Crippen MR) is 126 cm³/mol. The Kier molecular flexibility index (Phi) is 18.5. The van der Waals surface area contributed by atoms with Gasteiger partial charge in [-0.2, -0.15) is 0 Å². The zero-order valence-corrected chi connectivity index (χ0v) is 19.6. The van der Waals surface area contributed by atoms with Gasteiger partial charge in [0.1, 0.15) is 0 Å². The van der Waals surface area contributed by atoms with Crippen molar-refractivity contribution in [2.75, 3.05) is 31.3 Å². The van der Waals surface area contributed by atoms with Crippen LogP contribution < -0.4 is 5.32 Å². The van der Waals surface area contributed by atoms with E-state index >= 15 is 0 Å². The summed E-state index contributed by atoms with van der Waals surface area (Å²) in [5.74, 6) is 2.56. The highest BCUT2D eigenvalue weighted by molar-refractivity contribution is 7.99. The van der Waals surface area contributed by atoms with Gasteiger partial charge < -0.3 is 5.32 Å². The third-order valence-corrected chi connectivity index (χ3v) is 6.85. The van der Waals surface area contributed by atoms with Gasteiger partial charge in [-0.25, -0.2) is 0 Å². The van der Waals surface area contributed by atoms with Crippen LogP contribution in [0.3, 0.4) is 0 Å². The quantitative estimate of drug-likeness (QED) is 0.224. The molecule has 1 fully saturated rings. The van der Waals surface area contributed by atoms with Crippen LogP contribution in [0.25, 0.3) is 0 Å². The molecule has 0 aromatic carbocycles. The molecule has 0 saturated carbocycles. The van der Waals surface area contributed by atoms with Gasteiger partial charge in [-0.15, -0.1) is 11.8 Å². The van der Waals surface area contributed by atoms with Gasteiger partial charge >= 0.3 is 0 Å². The van der Waals surface area contributed by atoms with Gasteiger partial charge in [-0.3, -0.25) is 9.69 Å². The predicted octanol–water partition coefficient (Wildman–Crippen LogP) is 6.76. The first kappa shape index (κ1) is 25.8. The highest BCUT2D eigenvalue weighted by atomic mass is 32.2. The van der Waals surface area contributed by atoms with Gasteiger partial charge in [0.05, 0.1) is 0 Å². The maximum Gasteiger partial charge on any atom is 0.221 e. The second-order valence-corrected chi connectivity index (χ2v) is 9.63. The van der Waals surface area contributed by atoms with Crippen molar-refractivity contribution < 1.29 is 4.79 Å². The Bertz CT molecular complexity index is 345. The number of carbonyl (C=O) groups excluding carboxylic acids is 1. The van der Waals surface area contributed by atoms with Crippen LogP contribution in [0.15, 0.2) is 0 Å². The minimum Gasteiger partial charge on any atom is -0.356 e. The molecule has 0 aliphatic carbocycles. The highest BCUT2D eigenvalue weighted by Crippen LogP contribution is 2.14. The van der Waals surface area contributed by atoms with E-state index in [0.717, 1.165) is 31.9 Å². The molecule has 1 rings (SSSR count). The number of nitrogens with one attached hydrogen (secondary N) is 1. The number of nitrogens with zero attached hydrogens (tertiary/aromatic N) is 1. The lowest BCUT2D eigenvalue weighted by molar-refractivity contribution is -0.121. The zero-order chi connectivity index (χ0) is 20.1. The number of carbonyl (C=O) groups is 1. The van der Waals surface area contributed by atoms with Crippen LogP contribution in [0.1, 0.15) is 116 Å². The Morgan fingerprint density at radius 3 is 1.75 bits per heavy atom. The average molecular weight is 413 g/mol. The zero-order valence-electron chi connectivity index (χ0n) is 18.8. The summed E-state index contributed by atoms with van der Waals surface area (Å²) in [5.41, 5.74) is 0. The van der Waals surface area contributed by atoms with Gasteiger partial charge in [0.25, 0.3) is 0 Å². The van der Waals surface area contributed by atoms with E-state index in [9.17, 15) is 4.79 Å². The van der Waals surface area contributed by atoms with Crippen molar-refractivity contribution in [2.24, 2.45) is 0 Å². The number of unbranched alkanes of at least 4 members (excludes halogenated alkanes) is 15. The van der Waals surface area contributed by atoms with Crippen molar-refractivity contribution in [3.63, 3.8) is 0 Å². The fraction of sp³-hybridized carbons (Fsp3) is 0.958. The SMILES string of the molecule is CCCCCCCCCCCCCCCCCCNC(=O)CCN1CCSC1. The monoisotopic (exact) mass is 412 g/mol. The standard InChI is InChI=1S/C24H48N2OS/c1-2-3-4-5-6-7-8-9-10-11-12-13-14-15-16-17-19-25-24(27)18-20-26-21-22-28-23-26/h2-23H2,1H3,(H,25,27). The first-order valence-corrected chi connectivity index (χ1v) is 13.5. The summed E-state index contributed by atoms with van der Waals surface area (Å²) in [7, 11) is 0. The average Bonchev–Trinajstić information content (AvgIpc) is 3.22. The van der Waals surface area contributed by atoms with Crippen molar-refractivity contribution in [3.05, 3.63) is 0 Å². The normalized spacial score (nSPS) is 14.6. The first-order valence-electron chi connectivity index (χ1n) is 12.4. The van der Waals surface area contributed by atoms with Crippen molar-refractivity contribution in [2.45, 2.75) is 116 Å². The van der Waals surface area contributed by atoms with Crippen LogP contribution in [0.2, 0.25) is 0 Å². The van der Waals surface area contributed by atoms with Gasteiger partial charge in [0.2, 0.25) is 5.91 Å². The molecular weight excluding hydrogens is 364 g/mol. The minimum absolute atomic E-state index is 0.234. The summed E-state index contributed by atoms with van der Waals surface area (Å²) in [6.45, 7) is 5.23. The number of hydrogen-bond donors (Lipinski definition) is 1. The first-order chi connectivity index (χ1) is 13.8. The molecule has 0 radical (unpaired) electrons. The fourth-order valence-corrected chi connectivity index (χ4v) is 4.91. The molecule has 0 atom stereocenters. The minimum atomic E-state index is 0.234. The third-order valence-electron chi connectivity index (χ3n) is 5.83. The van der Waals surface area contributed by atoms with Crippen LogP contribution >= 0.6 is 11.8 Å². The van der Waals surface area contributed by atoms with E-state index in [1.54, 1.807) is 0 Å². The molecular formula is C24H48N2OS. The molecule has 1 heterocycles. The molecule has 0 aromatic rings. The van der Waals surface area contributed by atoms with E-state index < -0.39 is 0 Å². The van der Waals surface area contributed by atoms with Gasteiger partial charge in [-0.1, -0.05) is 103 Å². The Morgan fingerprint density at radius 1 is 0.786 bits per heavy atom. The molecule has 166 valence electrons. The van der Waals surface area contributed by atoms with E-state index in [-0.39, 0.29) is 5.91 Å². The van der Waals surface area contributed by atoms with E-state index in [1.165, 1.54) is 102 Å². The summed E-state index contributed by atoms with van der Waals surface area (Å²) < 4.78 is 0. The van der Waals surface area contributed by atoms with Gasteiger partial charge in [-0.05, 0) is 6.42 Å². The smallest absolute Gasteiger partial charge is 0.221 e. The maximum absolute atomic E-state index is 11.8. The van der Waals surface area contributed by atoms with Gasteiger partial charge in [0.15, 0.2) is 0 Å². The largest absolute Gasteiger partial charge is 0.356 e. The lowest BCUT2D eigenvalue weighted by Crippen LogP contribution is -2.29. The van der Waals surface area contributed by atoms with Crippen molar-refractivity contribution >= 4 is 17.7 Å². The van der Waals surface area contributed by atoms with Crippen LogP contribution in [-0.4, -0.2) is 42.1 Å². The van der Waals surface area contributed by atoms with E-state index in [1.807, 2.05) is 11.8 Å². The molecule has 1 aliphatic heterocycles. The van der Waals surface area contributed by atoms with Crippen LogP contribution in [0.5, 0.6) is 0 Å². The summed E-state index contributed by atoms with van der Waals surface area (Å²) in [6, 6.07) is 0. The Hall–Kier alpha value is -0.220. The fourth-order valence-electron chi connectivity index (χ4n) is 3.88. The Morgan fingerprint density at radius 2 is 1.29 bits per heavy atom. The van der Waals surface area contributed by atoms with E-state index in [2.05, 4.69) is 17.1 Å². The molecule has 1 saturated heterocycles. The molecule has 1 amide bonds. The molecule has 4 heteroatoms. The van der Waals surface area contributed by atoms with Gasteiger partial charge in [0, 0.05) is 37.7 Å². The Balaban J connectivity index is 1.69. The molecule has 0 bridgehead atoms. The molecule has 3 nitrogen and oxygen atoms in total. The molecule has 1 aliphatic rings. The lowest BCUT2D eigenvalue weighted by Gasteiger charge is -2.13. The number of amides is 1. The topological polar surface area (TPSA) is 32.3 Å². The second-order valence-electron chi connectivity index (χ2n) is 8.56. The van der Waals surface area contributed by atoms with E-state index in [4.69, 9.17) is 0 Å². The number of thioether (sulfide) groups is 1. The Labute approximate surface area is 180 Å². The highest BCUT2D eigenvalue weighted by Gasteiger charge is 2.12. The lowest BCUT2D eigenvalue weighted by atomic mass is 10.0. The summed E-state index contributed by atoms with van der Waals surface area (Å²) in [6.07, 6.45) is 23.0. The number of rotatable bonds is 20. The third kappa shape index (κ3) is 16.7. The molecule has 0 unspecified atom stereocenters. The molecule has 28 heavy (non-hydrogen) atoms. The second kappa shape index (κ2) is 20.1. The van der Waals surface area contributed by atoms with Crippen LogP contribution in [-0.2, 0) is 4.79 Å². The summed E-state index contributed by atoms with van der Waals surface area (Å²) >= 11 is 1.97. The number of hydrogen-bond acceptors (Lipinski definition) is 3. The maximum atomic E-state index is 11.8. The van der Waals surface area contributed by atoms with E-state index in [0.29, 0.717) is 6.42 Å². The molecule has 1 N–H and O–H groups in total. The van der Waals surface area contributed by atoms with Crippen molar-refractivity contribution in [1.29, 1.82) is 0 Å². The van der Waals surface area contributed by atoms with Crippen molar-refractivity contribution in [3.8, 4) is 0 Å².